The molecular weight excluding hydrogens is 350 g/mol. The first-order valence-electron chi connectivity index (χ1n) is 8.62. The largest absolute Gasteiger partial charge is 0.352 e. The van der Waals surface area contributed by atoms with Crippen LogP contribution >= 0.6 is 0 Å². The SMILES string of the molecule is Cc1ccc(S(=O)(=O)N(Cc2cccnc2)C[C@@H]2CCC(=O)N2)c(C)c1. The molecule has 7 heteroatoms. The molecule has 0 saturated carbocycles. The molecule has 3 rings (SSSR count). The Morgan fingerprint density at radius 3 is 2.69 bits per heavy atom. The van der Waals surface area contributed by atoms with Gasteiger partial charge in [-0.1, -0.05) is 23.8 Å². The van der Waals surface area contributed by atoms with Gasteiger partial charge in [-0.15, -0.1) is 0 Å². The van der Waals surface area contributed by atoms with Gasteiger partial charge in [0, 0.05) is 37.9 Å². The van der Waals surface area contributed by atoms with Gasteiger partial charge in [0.2, 0.25) is 15.9 Å². The van der Waals surface area contributed by atoms with Gasteiger partial charge >= 0.3 is 0 Å². The number of carbonyl (C=O) groups is 1. The van der Waals surface area contributed by atoms with Crippen molar-refractivity contribution in [3.63, 3.8) is 0 Å². The molecule has 26 heavy (non-hydrogen) atoms. The fraction of sp³-hybridized carbons (Fsp3) is 0.368. The molecule has 1 aliphatic heterocycles. The Hall–Kier alpha value is -2.25. The minimum Gasteiger partial charge on any atom is -0.352 e. The summed E-state index contributed by atoms with van der Waals surface area (Å²) in [6.07, 6.45) is 4.40. The quantitative estimate of drug-likeness (QED) is 0.842. The zero-order valence-electron chi connectivity index (χ0n) is 15.0. The molecule has 1 aliphatic rings. The highest BCUT2D eigenvalue weighted by atomic mass is 32.2. The molecule has 0 bridgehead atoms. The number of aryl methyl sites for hydroxylation is 2. The van der Waals surface area contributed by atoms with E-state index in [4.69, 9.17) is 0 Å². The predicted octanol–water partition coefficient (Wildman–Crippen LogP) is 2.17. The number of hydrogen-bond donors (Lipinski definition) is 1. The normalized spacial score (nSPS) is 17.5. The maximum atomic E-state index is 13.3. The van der Waals surface area contributed by atoms with Gasteiger partial charge < -0.3 is 5.32 Å². The lowest BCUT2D eigenvalue weighted by molar-refractivity contribution is -0.119. The van der Waals surface area contributed by atoms with Crippen LogP contribution in [0.5, 0.6) is 0 Å². The summed E-state index contributed by atoms with van der Waals surface area (Å²) in [7, 11) is -3.70. The van der Waals surface area contributed by atoms with Gasteiger partial charge in [-0.05, 0) is 43.5 Å². The van der Waals surface area contributed by atoms with Crippen molar-refractivity contribution in [1.82, 2.24) is 14.6 Å². The van der Waals surface area contributed by atoms with E-state index >= 15 is 0 Å². The first-order valence-corrected chi connectivity index (χ1v) is 10.1. The van der Waals surface area contributed by atoms with Gasteiger partial charge in [0.25, 0.3) is 0 Å². The molecule has 1 fully saturated rings. The second-order valence-electron chi connectivity index (χ2n) is 6.73. The highest BCUT2D eigenvalue weighted by molar-refractivity contribution is 7.89. The number of benzene rings is 1. The highest BCUT2D eigenvalue weighted by Crippen LogP contribution is 2.24. The number of amides is 1. The standard InChI is InChI=1S/C19H23N3O3S/c1-14-5-7-18(15(2)10-14)26(24,25)22(12-16-4-3-9-20-11-16)13-17-6-8-19(23)21-17/h3-5,7,9-11,17H,6,8,12-13H2,1-2H3,(H,21,23)/t17-/m0/s1. The topological polar surface area (TPSA) is 79.4 Å². The molecule has 1 saturated heterocycles. The average Bonchev–Trinajstić information content (AvgIpc) is 3.00. The lowest BCUT2D eigenvalue weighted by Crippen LogP contribution is -2.41. The molecule has 1 aromatic heterocycles. The minimum atomic E-state index is -3.70. The molecule has 1 amide bonds. The number of carbonyl (C=O) groups excluding carboxylic acids is 1. The van der Waals surface area contributed by atoms with Crippen LogP contribution in [0.3, 0.4) is 0 Å². The molecule has 2 heterocycles. The highest BCUT2D eigenvalue weighted by Gasteiger charge is 2.31. The maximum Gasteiger partial charge on any atom is 0.243 e. The maximum absolute atomic E-state index is 13.3. The second-order valence-corrected chi connectivity index (χ2v) is 8.64. The van der Waals surface area contributed by atoms with E-state index in [9.17, 15) is 13.2 Å². The van der Waals surface area contributed by atoms with Crippen LogP contribution in [0.1, 0.15) is 29.5 Å². The van der Waals surface area contributed by atoms with Crippen LogP contribution in [0.15, 0.2) is 47.6 Å². The van der Waals surface area contributed by atoms with Crippen LogP contribution in [0, 0.1) is 13.8 Å². The monoisotopic (exact) mass is 373 g/mol. The van der Waals surface area contributed by atoms with Crippen molar-refractivity contribution in [2.45, 2.75) is 44.2 Å². The van der Waals surface area contributed by atoms with Crippen molar-refractivity contribution >= 4 is 15.9 Å². The summed E-state index contributed by atoms with van der Waals surface area (Å²) in [5.41, 5.74) is 2.55. The number of sulfonamides is 1. The fourth-order valence-corrected chi connectivity index (χ4v) is 4.91. The fourth-order valence-electron chi connectivity index (χ4n) is 3.23. The summed E-state index contributed by atoms with van der Waals surface area (Å²) in [4.78, 5) is 15.9. The van der Waals surface area contributed by atoms with Crippen molar-refractivity contribution in [3.05, 3.63) is 59.4 Å². The van der Waals surface area contributed by atoms with E-state index < -0.39 is 10.0 Å². The predicted molar refractivity (Wildman–Crippen MR) is 98.9 cm³/mol. The first kappa shape index (κ1) is 18.5. The third kappa shape index (κ3) is 4.11. The van der Waals surface area contributed by atoms with Crippen LogP contribution in [0.4, 0.5) is 0 Å². The van der Waals surface area contributed by atoms with Crippen LogP contribution in [-0.4, -0.2) is 36.2 Å². The van der Waals surface area contributed by atoms with E-state index in [2.05, 4.69) is 10.3 Å². The summed E-state index contributed by atoms with van der Waals surface area (Å²) in [6.45, 7) is 4.20. The molecule has 1 atom stereocenters. The van der Waals surface area contributed by atoms with Crippen molar-refractivity contribution in [2.75, 3.05) is 6.54 Å². The Balaban J connectivity index is 1.93. The molecular formula is C19H23N3O3S. The summed E-state index contributed by atoms with van der Waals surface area (Å²) in [5.74, 6) is -0.0276. The van der Waals surface area contributed by atoms with Gasteiger partial charge in [0.15, 0.2) is 0 Å². The van der Waals surface area contributed by atoms with Crippen molar-refractivity contribution in [1.29, 1.82) is 0 Å². The molecule has 6 nitrogen and oxygen atoms in total. The van der Waals surface area contributed by atoms with E-state index in [-0.39, 0.29) is 25.0 Å². The summed E-state index contributed by atoms with van der Waals surface area (Å²) in [6, 6.07) is 8.80. The molecule has 138 valence electrons. The molecule has 0 radical (unpaired) electrons. The minimum absolute atomic E-state index is 0.0276. The number of aromatic nitrogens is 1. The Morgan fingerprint density at radius 2 is 2.08 bits per heavy atom. The van der Waals surface area contributed by atoms with Crippen LogP contribution in [0.25, 0.3) is 0 Å². The first-order chi connectivity index (χ1) is 12.4. The Bertz CT molecular complexity index is 898. The molecule has 0 aliphatic carbocycles. The number of rotatable bonds is 6. The van der Waals surface area contributed by atoms with E-state index in [0.717, 1.165) is 16.7 Å². The number of hydrogen-bond acceptors (Lipinski definition) is 4. The zero-order chi connectivity index (χ0) is 18.7. The average molecular weight is 373 g/mol. The van der Waals surface area contributed by atoms with Gasteiger partial charge in [-0.25, -0.2) is 8.42 Å². The molecule has 2 aromatic rings. The number of nitrogens with one attached hydrogen (secondary N) is 1. The van der Waals surface area contributed by atoms with E-state index in [1.807, 2.05) is 19.1 Å². The zero-order valence-corrected chi connectivity index (χ0v) is 15.8. The third-order valence-electron chi connectivity index (χ3n) is 4.54. The Kier molecular flexibility index (Phi) is 5.38. The van der Waals surface area contributed by atoms with Gasteiger partial charge in [0.1, 0.15) is 0 Å². The smallest absolute Gasteiger partial charge is 0.243 e. The summed E-state index contributed by atoms with van der Waals surface area (Å²) >= 11 is 0. The lowest BCUT2D eigenvalue weighted by atomic mass is 10.2. The van der Waals surface area contributed by atoms with Crippen LogP contribution in [-0.2, 0) is 21.4 Å². The van der Waals surface area contributed by atoms with E-state index in [1.165, 1.54) is 4.31 Å². The van der Waals surface area contributed by atoms with Gasteiger partial charge in [-0.3, -0.25) is 9.78 Å². The molecule has 0 unspecified atom stereocenters. The molecule has 1 N–H and O–H groups in total. The van der Waals surface area contributed by atoms with E-state index in [1.54, 1.807) is 37.5 Å². The van der Waals surface area contributed by atoms with Crippen LogP contribution in [0.2, 0.25) is 0 Å². The van der Waals surface area contributed by atoms with E-state index in [0.29, 0.717) is 17.7 Å². The van der Waals surface area contributed by atoms with Crippen LogP contribution < -0.4 is 5.32 Å². The molecule has 0 spiro atoms. The Labute approximate surface area is 154 Å². The number of pyridine rings is 1. The number of nitrogens with zero attached hydrogens (tertiary/aromatic N) is 2. The second kappa shape index (κ2) is 7.55. The lowest BCUT2D eigenvalue weighted by Gasteiger charge is -2.26. The van der Waals surface area contributed by atoms with Crippen molar-refractivity contribution in [3.8, 4) is 0 Å². The van der Waals surface area contributed by atoms with Gasteiger partial charge in [-0.2, -0.15) is 4.31 Å². The third-order valence-corrected chi connectivity index (χ3v) is 6.51. The summed E-state index contributed by atoms with van der Waals surface area (Å²) < 4.78 is 28.1. The van der Waals surface area contributed by atoms with Crippen molar-refractivity contribution in [2.24, 2.45) is 0 Å². The Morgan fingerprint density at radius 1 is 1.27 bits per heavy atom. The molecule has 1 aromatic carbocycles. The van der Waals surface area contributed by atoms with Gasteiger partial charge in [0.05, 0.1) is 4.90 Å². The summed E-state index contributed by atoms with van der Waals surface area (Å²) in [5, 5.41) is 2.86. The van der Waals surface area contributed by atoms with Crippen molar-refractivity contribution < 1.29 is 13.2 Å².